The number of hydrogen-bond donors (Lipinski definition) is 1. The average Bonchev–Trinajstić information content (AvgIpc) is 2.77. The van der Waals surface area contributed by atoms with E-state index in [0.717, 1.165) is 11.8 Å². The molecule has 0 heterocycles. The second-order valence-corrected chi connectivity index (χ2v) is 11.3. The van der Waals surface area contributed by atoms with Crippen LogP contribution in [0, 0.1) is 6.92 Å². The van der Waals surface area contributed by atoms with E-state index >= 15 is 0 Å². The number of benzene rings is 2. The number of hydrogen-bond acceptors (Lipinski definition) is 4. The molecule has 2 aromatic carbocycles. The van der Waals surface area contributed by atoms with Crippen molar-refractivity contribution in [2.24, 2.45) is 0 Å². The smallest absolute Gasteiger partial charge is 0.242 e. The van der Waals surface area contributed by atoms with E-state index in [9.17, 15) is 18.0 Å². The summed E-state index contributed by atoms with van der Waals surface area (Å²) >= 11 is 18.7. The third kappa shape index (κ3) is 8.00. The van der Waals surface area contributed by atoms with E-state index in [1.165, 1.54) is 9.21 Å². The Labute approximate surface area is 222 Å². The highest BCUT2D eigenvalue weighted by Crippen LogP contribution is 2.28. The van der Waals surface area contributed by atoms with Gasteiger partial charge in [-0.15, -0.1) is 0 Å². The van der Waals surface area contributed by atoms with E-state index in [0.29, 0.717) is 32.9 Å². The van der Waals surface area contributed by atoms with Crippen LogP contribution in [-0.2, 0) is 26.2 Å². The fraction of sp³-hybridized carbons (Fsp3) is 0.417. The number of nitrogens with one attached hydrogen (secondary N) is 1. The van der Waals surface area contributed by atoms with Gasteiger partial charge in [0.15, 0.2) is 0 Å². The molecule has 0 aliphatic rings. The molecule has 0 fully saturated rings. The lowest BCUT2D eigenvalue weighted by molar-refractivity contribution is -0.140. The number of likely N-dealkylation sites (N-methyl/N-ethyl adjacent to an activating group) is 1. The van der Waals surface area contributed by atoms with Crippen molar-refractivity contribution < 1.29 is 18.0 Å². The molecule has 1 N–H and O–H groups in total. The summed E-state index contributed by atoms with van der Waals surface area (Å²) in [6.45, 7) is 5.74. The summed E-state index contributed by atoms with van der Waals surface area (Å²) < 4.78 is 26.2. The van der Waals surface area contributed by atoms with Crippen LogP contribution < -0.4 is 9.62 Å². The predicted molar refractivity (Wildman–Crippen MR) is 143 cm³/mol. The lowest BCUT2D eigenvalue weighted by Crippen LogP contribution is -2.47. The molecule has 0 radical (unpaired) electrons. The van der Waals surface area contributed by atoms with Crippen LogP contribution in [0.15, 0.2) is 36.4 Å². The number of sulfonamides is 1. The van der Waals surface area contributed by atoms with Gasteiger partial charge in [0.2, 0.25) is 21.8 Å². The molecule has 0 bridgehead atoms. The molecule has 0 aliphatic carbocycles. The fourth-order valence-electron chi connectivity index (χ4n) is 3.59. The zero-order valence-corrected chi connectivity index (χ0v) is 23.2. The van der Waals surface area contributed by atoms with Crippen molar-refractivity contribution in [3.05, 3.63) is 62.6 Å². The number of carbonyl (C=O) groups is 2. The quantitative estimate of drug-likeness (QED) is 0.415. The first-order valence-electron chi connectivity index (χ1n) is 11.1. The van der Waals surface area contributed by atoms with Gasteiger partial charge in [-0.25, -0.2) is 8.42 Å². The number of rotatable bonds is 11. The maximum atomic E-state index is 13.3. The summed E-state index contributed by atoms with van der Waals surface area (Å²) in [6, 6.07) is 9.26. The Morgan fingerprint density at radius 3 is 2.29 bits per heavy atom. The van der Waals surface area contributed by atoms with E-state index in [2.05, 4.69) is 5.32 Å². The van der Waals surface area contributed by atoms with Crippen LogP contribution in [0.1, 0.15) is 37.8 Å². The number of halogens is 3. The Morgan fingerprint density at radius 2 is 1.71 bits per heavy atom. The number of anilines is 1. The molecule has 0 aromatic heterocycles. The summed E-state index contributed by atoms with van der Waals surface area (Å²) in [7, 11) is -3.62. The molecular weight excluding hydrogens is 533 g/mol. The van der Waals surface area contributed by atoms with Crippen molar-refractivity contribution in [2.45, 2.75) is 46.2 Å². The second kappa shape index (κ2) is 12.8. The van der Waals surface area contributed by atoms with Gasteiger partial charge in [-0.2, -0.15) is 0 Å². The van der Waals surface area contributed by atoms with Gasteiger partial charge in [-0.05, 0) is 57.0 Å². The summed E-state index contributed by atoms with van der Waals surface area (Å²) in [4.78, 5) is 27.2. The highest BCUT2D eigenvalue weighted by atomic mass is 35.5. The van der Waals surface area contributed by atoms with Crippen LogP contribution in [0.25, 0.3) is 0 Å². The standard InChI is InChI=1S/C24H30Cl3N3O4S/c1-5-28-24(32)17(3)29(15-19-20(26)8-6-9-21(19)27)23(31)10-7-13-30(35(4,33)34)22-14-18(25)12-11-16(22)2/h6,8-9,11-12,14,17H,5,7,10,13,15H2,1-4H3,(H,28,32). The van der Waals surface area contributed by atoms with Crippen molar-refractivity contribution >= 4 is 62.3 Å². The molecule has 192 valence electrons. The molecule has 0 aliphatic heterocycles. The normalized spacial score (nSPS) is 12.2. The summed E-state index contributed by atoms with van der Waals surface area (Å²) in [5, 5.41) is 3.91. The van der Waals surface area contributed by atoms with Gasteiger partial charge in [0.1, 0.15) is 6.04 Å². The molecule has 1 unspecified atom stereocenters. The molecule has 1 atom stereocenters. The molecule has 7 nitrogen and oxygen atoms in total. The van der Waals surface area contributed by atoms with Crippen LogP contribution in [-0.4, -0.2) is 50.5 Å². The van der Waals surface area contributed by atoms with Gasteiger partial charge in [-0.1, -0.05) is 46.9 Å². The molecular formula is C24H30Cl3N3O4S. The van der Waals surface area contributed by atoms with Crippen molar-refractivity contribution in [3.63, 3.8) is 0 Å². The zero-order chi connectivity index (χ0) is 26.3. The van der Waals surface area contributed by atoms with E-state index in [1.54, 1.807) is 57.2 Å². The predicted octanol–water partition coefficient (Wildman–Crippen LogP) is 5.05. The summed E-state index contributed by atoms with van der Waals surface area (Å²) in [5.41, 5.74) is 1.74. The van der Waals surface area contributed by atoms with Crippen molar-refractivity contribution in [1.82, 2.24) is 10.2 Å². The summed E-state index contributed by atoms with van der Waals surface area (Å²) in [5.74, 6) is -0.632. The maximum absolute atomic E-state index is 13.3. The molecule has 35 heavy (non-hydrogen) atoms. The Hall–Kier alpha value is -2.00. The highest BCUT2D eigenvalue weighted by Gasteiger charge is 2.28. The first kappa shape index (κ1) is 29.2. The first-order chi connectivity index (χ1) is 16.4. The Balaban J connectivity index is 2.24. The van der Waals surface area contributed by atoms with E-state index in [-0.39, 0.29) is 37.7 Å². The number of nitrogens with zero attached hydrogens (tertiary/aromatic N) is 2. The highest BCUT2D eigenvalue weighted by molar-refractivity contribution is 7.92. The monoisotopic (exact) mass is 561 g/mol. The summed E-state index contributed by atoms with van der Waals surface area (Å²) in [6.07, 6.45) is 1.35. The Morgan fingerprint density at radius 1 is 1.09 bits per heavy atom. The number of carbonyl (C=O) groups excluding carboxylic acids is 2. The van der Waals surface area contributed by atoms with Crippen LogP contribution in [0.4, 0.5) is 5.69 Å². The largest absolute Gasteiger partial charge is 0.355 e. The van der Waals surface area contributed by atoms with E-state index in [1.807, 2.05) is 0 Å². The van der Waals surface area contributed by atoms with Gasteiger partial charge >= 0.3 is 0 Å². The topological polar surface area (TPSA) is 86.8 Å². The minimum Gasteiger partial charge on any atom is -0.355 e. The van der Waals surface area contributed by atoms with Crippen molar-refractivity contribution in [2.75, 3.05) is 23.7 Å². The molecule has 2 rings (SSSR count). The van der Waals surface area contributed by atoms with Gasteiger partial charge in [0.05, 0.1) is 11.9 Å². The lowest BCUT2D eigenvalue weighted by atomic mass is 10.1. The van der Waals surface area contributed by atoms with Gasteiger partial charge in [0.25, 0.3) is 0 Å². The van der Waals surface area contributed by atoms with Gasteiger partial charge in [-0.3, -0.25) is 13.9 Å². The van der Waals surface area contributed by atoms with Crippen LogP contribution in [0.5, 0.6) is 0 Å². The van der Waals surface area contributed by atoms with E-state index < -0.39 is 16.1 Å². The second-order valence-electron chi connectivity index (χ2n) is 8.16. The number of aryl methyl sites for hydroxylation is 1. The van der Waals surface area contributed by atoms with Crippen molar-refractivity contribution in [1.29, 1.82) is 0 Å². The Kier molecular flexibility index (Phi) is 10.7. The molecule has 2 amide bonds. The van der Waals surface area contributed by atoms with Crippen molar-refractivity contribution in [3.8, 4) is 0 Å². The maximum Gasteiger partial charge on any atom is 0.242 e. The molecule has 0 spiro atoms. The lowest BCUT2D eigenvalue weighted by Gasteiger charge is -2.30. The van der Waals surface area contributed by atoms with Crippen LogP contribution >= 0.6 is 34.8 Å². The fourth-order valence-corrected chi connectivity index (χ4v) is 5.29. The molecule has 11 heteroatoms. The minimum absolute atomic E-state index is 0.0114. The average molecular weight is 563 g/mol. The number of amides is 2. The van der Waals surface area contributed by atoms with E-state index in [4.69, 9.17) is 34.8 Å². The Bertz CT molecular complexity index is 1150. The minimum atomic E-state index is -3.62. The third-order valence-corrected chi connectivity index (χ3v) is 7.62. The first-order valence-corrected chi connectivity index (χ1v) is 14.1. The molecule has 0 saturated carbocycles. The SMILES string of the molecule is CCNC(=O)C(C)N(Cc1c(Cl)cccc1Cl)C(=O)CCCN(c1cc(Cl)ccc1C)S(C)(=O)=O. The van der Waals surface area contributed by atoms with Crippen LogP contribution in [0.3, 0.4) is 0 Å². The molecule has 0 saturated heterocycles. The van der Waals surface area contributed by atoms with Gasteiger partial charge in [0, 0.05) is 46.7 Å². The molecule has 2 aromatic rings. The third-order valence-electron chi connectivity index (χ3n) is 5.50. The van der Waals surface area contributed by atoms with Crippen LogP contribution in [0.2, 0.25) is 15.1 Å². The van der Waals surface area contributed by atoms with Gasteiger partial charge < -0.3 is 10.2 Å². The zero-order valence-electron chi connectivity index (χ0n) is 20.1.